The van der Waals surface area contributed by atoms with E-state index in [4.69, 9.17) is 10.00 Å². The summed E-state index contributed by atoms with van der Waals surface area (Å²) in [7, 11) is 0. The smallest absolute Gasteiger partial charge is 0.319 e. The molecule has 0 aliphatic rings. The number of nitriles is 1. The molecule has 0 aliphatic carbocycles. The van der Waals surface area contributed by atoms with Crippen LogP contribution in [0.1, 0.15) is 5.56 Å². The van der Waals surface area contributed by atoms with Gasteiger partial charge in [-0.2, -0.15) is 5.26 Å². The molecule has 1 atom stereocenters. The minimum absolute atomic E-state index is 0.102. The third kappa shape index (κ3) is 6.78. The fraction of sp³-hybridized carbons (Fsp3) is 0.125. The Morgan fingerprint density at radius 1 is 0.938 bits per heavy atom. The van der Waals surface area contributed by atoms with Gasteiger partial charge in [0.25, 0.3) is 0 Å². The summed E-state index contributed by atoms with van der Waals surface area (Å²) in [5, 5.41) is 25.9. The van der Waals surface area contributed by atoms with Crippen molar-refractivity contribution in [1.82, 2.24) is 10.6 Å². The Bertz CT molecular complexity index is 1080. The van der Waals surface area contributed by atoms with Crippen molar-refractivity contribution in [3.63, 3.8) is 0 Å². The van der Waals surface area contributed by atoms with Gasteiger partial charge in [-0.05, 0) is 54.1 Å². The largest absolute Gasteiger partial charge is 0.508 e. The van der Waals surface area contributed by atoms with E-state index in [0.29, 0.717) is 17.2 Å². The highest BCUT2D eigenvalue weighted by molar-refractivity contribution is 5.94. The van der Waals surface area contributed by atoms with Gasteiger partial charge in [0.05, 0.1) is 6.07 Å². The molecule has 0 radical (unpaired) electrons. The third-order valence-corrected chi connectivity index (χ3v) is 4.43. The molecule has 1 unspecified atom stereocenters. The molecule has 0 spiro atoms. The summed E-state index contributed by atoms with van der Waals surface area (Å²) >= 11 is 0. The molecule has 0 aromatic heterocycles. The van der Waals surface area contributed by atoms with Crippen LogP contribution in [0.25, 0.3) is 0 Å². The van der Waals surface area contributed by atoms with Crippen molar-refractivity contribution < 1.29 is 19.4 Å². The average Bonchev–Trinajstić information content (AvgIpc) is 2.80. The number of anilines is 1. The molecule has 3 rings (SSSR count). The van der Waals surface area contributed by atoms with Crippen molar-refractivity contribution in [1.29, 1.82) is 5.26 Å². The molecule has 0 saturated heterocycles. The molecular weight excluding hydrogens is 408 g/mol. The molecule has 0 heterocycles. The highest BCUT2D eigenvalue weighted by Gasteiger charge is 2.21. The predicted octanol–water partition coefficient (Wildman–Crippen LogP) is 3.56. The molecule has 0 aliphatic heterocycles. The number of aromatic hydroxyl groups is 1. The molecular formula is C24H22N4O4. The molecule has 4 N–H and O–H groups in total. The fourth-order valence-corrected chi connectivity index (χ4v) is 2.88. The molecule has 162 valence electrons. The molecule has 8 heteroatoms. The SMILES string of the molecule is N#CCNC(=O)C(Cc1ccc(O)cc1)NC(=O)Nc1ccc(Oc2ccccc2)cc1. The second kappa shape index (κ2) is 11.0. The maximum absolute atomic E-state index is 12.5. The van der Waals surface area contributed by atoms with Crippen LogP contribution >= 0.6 is 0 Å². The van der Waals surface area contributed by atoms with Crippen molar-refractivity contribution >= 4 is 17.6 Å². The van der Waals surface area contributed by atoms with Gasteiger partial charge in [0.15, 0.2) is 0 Å². The number of nitrogens with one attached hydrogen (secondary N) is 3. The number of carbonyl (C=O) groups is 2. The van der Waals surface area contributed by atoms with Gasteiger partial charge in [0.1, 0.15) is 29.8 Å². The number of nitrogens with zero attached hydrogens (tertiary/aromatic N) is 1. The van der Waals surface area contributed by atoms with Crippen LogP contribution in [0.15, 0.2) is 78.9 Å². The molecule has 3 amide bonds. The minimum Gasteiger partial charge on any atom is -0.508 e. The molecule has 3 aromatic rings. The predicted molar refractivity (Wildman–Crippen MR) is 119 cm³/mol. The molecule has 0 fully saturated rings. The lowest BCUT2D eigenvalue weighted by Gasteiger charge is -2.18. The number of carbonyl (C=O) groups excluding carboxylic acids is 2. The van der Waals surface area contributed by atoms with Crippen LogP contribution in [-0.2, 0) is 11.2 Å². The van der Waals surface area contributed by atoms with Crippen LogP contribution in [0.2, 0.25) is 0 Å². The summed E-state index contributed by atoms with van der Waals surface area (Å²) in [6.07, 6.45) is 0.189. The first-order valence-electron chi connectivity index (χ1n) is 9.86. The van der Waals surface area contributed by atoms with E-state index in [0.717, 1.165) is 5.56 Å². The Kier molecular flexibility index (Phi) is 7.65. The standard InChI is InChI=1S/C24H22N4O4/c25-14-15-26-23(30)22(16-17-6-10-19(29)11-7-17)28-24(31)27-18-8-12-21(13-9-18)32-20-4-2-1-3-5-20/h1-13,22,29H,15-16H2,(H,26,30)(H2,27,28,31). The zero-order valence-corrected chi connectivity index (χ0v) is 17.1. The van der Waals surface area contributed by atoms with E-state index < -0.39 is 18.0 Å². The van der Waals surface area contributed by atoms with Crippen molar-refractivity contribution in [3.05, 3.63) is 84.4 Å². The lowest BCUT2D eigenvalue weighted by Crippen LogP contribution is -2.49. The zero-order valence-electron chi connectivity index (χ0n) is 17.1. The Hall–Kier alpha value is -4.51. The number of para-hydroxylation sites is 1. The van der Waals surface area contributed by atoms with Crippen molar-refractivity contribution in [2.24, 2.45) is 0 Å². The van der Waals surface area contributed by atoms with Gasteiger partial charge >= 0.3 is 6.03 Å². The van der Waals surface area contributed by atoms with Gasteiger partial charge in [-0.15, -0.1) is 0 Å². The van der Waals surface area contributed by atoms with E-state index in [-0.39, 0.29) is 18.7 Å². The van der Waals surface area contributed by atoms with Gasteiger partial charge in [-0.3, -0.25) is 4.79 Å². The van der Waals surface area contributed by atoms with Crippen LogP contribution in [0.4, 0.5) is 10.5 Å². The Morgan fingerprint density at radius 3 is 2.25 bits per heavy atom. The van der Waals surface area contributed by atoms with Crippen LogP contribution in [-0.4, -0.2) is 29.6 Å². The molecule has 32 heavy (non-hydrogen) atoms. The first kappa shape index (κ1) is 22.2. The number of amides is 3. The topological polar surface area (TPSA) is 123 Å². The number of hydrogen-bond donors (Lipinski definition) is 4. The maximum Gasteiger partial charge on any atom is 0.319 e. The summed E-state index contributed by atoms with van der Waals surface area (Å²) in [4.78, 5) is 24.9. The second-order valence-corrected chi connectivity index (χ2v) is 6.84. The lowest BCUT2D eigenvalue weighted by atomic mass is 10.1. The van der Waals surface area contributed by atoms with Gasteiger partial charge in [0.2, 0.25) is 5.91 Å². The van der Waals surface area contributed by atoms with E-state index >= 15 is 0 Å². The van der Waals surface area contributed by atoms with Gasteiger partial charge in [-0.1, -0.05) is 30.3 Å². The highest BCUT2D eigenvalue weighted by Crippen LogP contribution is 2.22. The summed E-state index contributed by atoms with van der Waals surface area (Å²) in [5.41, 5.74) is 1.26. The van der Waals surface area contributed by atoms with Gasteiger partial charge in [-0.25, -0.2) is 4.79 Å². The Labute approximate surface area is 185 Å². The quantitative estimate of drug-likeness (QED) is 0.407. The van der Waals surface area contributed by atoms with E-state index in [2.05, 4.69) is 16.0 Å². The summed E-state index contributed by atoms with van der Waals surface area (Å²) in [6, 6.07) is 22.8. The molecule has 3 aromatic carbocycles. The van der Waals surface area contributed by atoms with Crippen molar-refractivity contribution in [3.8, 4) is 23.3 Å². The summed E-state index contributed by atoms with van der Waals surface area (Å²) < 4.78 is 5.72. The number of benzene rings is 3. The first-order valence-corrected chi connectivity index (χ1v) is 9.86. The lowest BCUT2D eigenvalue weighted by molar-refractivity contribution is -0.122. The Morgan fingerprint density at radius 2 is 1.59 bits per heavy atom. The number of phenolic OH excluding ortho intramolecular Hbond substituents is 1. The molecule has 0 bridgehead atoms. The monoisotopic (exact) mass is 430 g/mol. The first-order chi connectivity index (χ1) is 15.5. The number of phenols is 1. The van der Waals surface area contributed by atoms with E-state index in [1.54, 1.807) is 36.4 Å². The number of ether oxygens (including phenoxy) is 1. The van der Waals surface area contributed by atoms with Crippen molar-refractivity contribution in [2.45, 2.75) is 12.5 Å². The molecule has 0 saturated carbocycles. The summed E-state index contributed by atoms with van der Waals surface area (Å²) in [5.74, 6) is 0.931. The van der Waals surface area contributed by atoms with Gasteiger partial charge in [0, 0.05) is 12.1 Å². The van der Waals surface area contributed by atoms with Crippen LogP contribution < -0.4 is 20.7 Å². The highest BCUT2D eigenvalue weighted by atomic mass is 16.5. The zero-order chi connectivity index (χ0) is 22.8. The van der Waals surface area contributed by atoms with E-state index in [9.17, 15) is 14.7 Å². The van der Waals surface area contributed by atoms with Crippen LogP contribution in [0.3, 0.4) is 0 Å². The second-order valence-electron chi connectivity index (χ2n) is 6.84. The fourth-order valence-electron chi connectivity index (χ4n) is 2.88. The number of rotatable bonds is 8. The number of hydrogen-bond acceptors (Lipinski definition) is 5. The van der Waals surface area contributed by atoms with Crippen molar-refractivity contribution in [2.75, 3.05) is 11.9 Å². The third-order valence-electron chi connectivity index (χ3n) is 4.43. The van der Waals surface area contributed by atoms with E-state index in [1.807, 2.05) is 36.4 Å². The number of urea groups is 1. The van der Waals surface area contributed by atoms with Crippen LogP contribution in [0, 0.1) is 11.3 Å². The maximum atomic E-state index is 12.5. The molecule has 8 nitrogen and oxygen atoms in total. The minimum atomic E-state index is -0.909. The van der Waals surface area contributed by atoms with E-state index in [1.165, 1.54) is 12.1 Å². The Balaban J connectivity index is 1.61. The normalized spacial score (nSPS) is 11.0. The van der Waals surface area contributed by atoms with Gasteiger partial charge < -0.3 is 25.8 Å². The average molecular weight is 430 g/mol. The summed E-state index contributed by atoms with van der Waals surface area (Å²) in [6.45, 7) is -0.170. The van der Waals surface area contributed by atoms with Crippen LogP contribution in [0.5, 0.6) is 17.2 Å².